The summed E-state index contributed by atoms with van der Waals surface area (Å²) in [4.78, 5) is 16.5. The summed E-state index contributed by atoms with van der Waals surface area (Å²) in [6, 6.07) is 9.11. The van der Waals surface area contributed by atoms with Crippen molar-refractivity contribution in [2.45, 2.75) is 13.0 Å². The van der Waals surface area contributed by atoms with Gasteiger partial charge in [0.2, 0.25) is 5.88 Å². The molecule has 118 valence electrons. The number of amides is 1. The summed E-state index contributed by atoms with van der Waals surface area (Å²) in [5, 5.41) is 6.98. The van der Waals surface area contributed by atoms with Crippen LogP contribution in [-0.4, -0.2) is 27.6 Å². The Kier molecular flexibility index (Phi) is 3.92. The summed E-state index contributed by atoms with van der Waals surface area (Å²) >= 11 is 0. The normalized spacial score (nSPS) is 12.1. The van der Waals surface area contributed by atoms with Crippen molar-refractivity contribution >= 4 is 11.6 Å². The van der Waals surface area contributed by atoms with E-state index >= 15 is 0 Å². The highest BCUT2D eigenvalue weighted by molar-refractivity contribution is 5.93. The summed E-state index contributed by atoms with van der Waals surface area (Å²) < 4.78 is 19.5. The van der Waals surface area contributed by atoms with Crippen molar-refractivity contribution in [1.82, 2.24) is 19.9 Å². The number of nitrogens with zero attached hydrogens (tertiary/aromatic N) is 3. The SMILES string of the molecule is COc1ccc2nc(C(=O)N[C@H](C)c3ccc(F)cc3)cn2n1. The van der Waals surface area contributed by atoms with E-state index in [9.17, 15) is 9.18 Å². The van der Waals surface area contributed by atoms with Gasteiger partial charge in [0.25, 0.3) is 5.91 Å². The van der Waals surface area contributed by atoms with Gasteiger partial charge in [-0.3, -0.25) is 4.79 Å². The molecule has 0 radical (unpaired) electrons. The number of ether oxygens (including phenoxy) is 1. The van der Waals surface area contributed by atoms with Gasteiger partial charge in [-0.1, -0.05) is 12.1 Å². The van der Waals surface area contributed by atoms with E-state index in [-0.39, 0.29) is 23.5 Å². The lowest BCUT2D eigenvalue weighted by atomic mass is 10.1. The van der Waals surface area contributed by atoms with E-state index in [4.69, 9.17) is 4.74 Å². The highest BCUT2D eigenvalue weighted by Gasteiger charge is 2.15. The van der Waals surface area contributed by atoms with Crippen LogP contribution in [0.4, 0.5) is 4.39 Å². The van der Waals surface area contributed by atoms with Crippen molar-refractivity contribution in [3.63, 3.8) is 0 Å². The minimum atomic E-state index is -0.328. The molecule has 0 saturated carbocycles. The zero-order valence-corrected chi connectivity index (χ0v) is 12.7. The van der Waals surface area contributed by atoms with Crippen molar-refractivity contribution < 1.29 is 13.9 Å². The molecule has 0 aliphatic carbocycles. The van der Waals surface area contributed by atoms with Gasteiger partial charge in [-0.2, -0.15) is 0 Å². The van der Waals surface area contributed by atoms with Crippen LogP contribution in [0.15, 0.2) is 42.6 Å². The van der Waals surface area contributed by atoms with Gasteiger partial charge in [0.1, 0.15) is 11.5 Å². The lowest BCUT2D eigenvalue weighted by molar-refractivity contribution is 0.0935. The number of carbonyl (C=O) groups is 1. The molecule has 2 heterocycles. The number of halogens is 1. The minimum absolute atomic E-state index is 0.250. The predicted molar refractivity (Wildman–Crippen MR) is 81.8 cm³/mol. The molecule has 0 spiro atoms. The molecule has 3 aromatic rings. The third-order valence-corrected chi connectivity index (χ3v) is 3.45. The van der Waals surface area contributed by atoms with Crippen LogP contribution in [0.3, 0.4) is 0 Å². The van der Waals surface area contributed by atoms with Crippen molar-refractivity contribution in [1.29, 1.82) is 0 Å². The van der Waals surface area contributed by atoms with Crippen molar-refractivity contribution in [3.8, 4) is 5.88 Å². The van der Waals surface area contributed by atoms with E-state index < -0.39 is 0 Å². The molecular weight excluding hydrogens is 299 g/mol. The van der Waals surface area contributed by atoms with E-state index in [1.54, 1.807) is 24.3 Å². The molecule has 0 unspecified atom stereocenters. The number of carbonyl (C=O) groups excluding carboxylic acids is 1. The smallest absolute Gasteiger partial charge is 0.272 e. The van der Waals surface area contributed by atoms with Crippen LogP contribution in [-0.2, 0) is 0 Å². The van der Waals surface area contributed by atoms with Gasteiger partial charge in [0.15, 0.2) is 5.65 Å². The molecule has 1 atom stereocenters. The zero-order valence-electron chi connectivity index (χ0n) is 12.7. The second-order valence-corrected chi connectivity index (χ2v) is 5.05. The van der Waals surface area contributed by atoms with Crippen molar-refractivity contribution in [3.05, 3.63) is 59.7 Å². The fourth-order valence-corrected chi connectivity index (χ4v) is 2.19. The molecule has 6 nitrogen and oxygen atoms in total. The highest BCUT2D eigenvalue weighted by atomic mass is 19.1. The first kappa shape index (κ1) is 15.0. The second kappa shape index (κ2) is 6.04. The molecule has 0 saturated heterocycles. The number of methoxy groups -OCH3 is 1. The van der Waals surface area contributed by atoms with Gasteiger partial charge >= 0.3 is 0 Å². The monoisotopic (exact) mass is 314 g/mol. The number of aromatic nitrogens is 3. The average Bonchev–Trinajstić information content (AvgIpc) is 2.98. The molecule has 1 amide bonds. The summed E-state index contributed by atoms with van der Waals surface area (Å²) in [5.74, 6) is -0.208. The summed E-state index contributed by atoms with van der Waals surface area (Å²) in [6.45, 7) is 1.82. The van der Waals surface area contributed by atoms with E-state index in [0.717, 1.165) is 5.56 Å². The molecule has 2 aromatic heterocycles. The van der Waals surface area contributed by atoms with E-state index in [0.29, 0.717) is 11.5 Å². The Morgan fingerprint density at radius 1 is 1.26 bits per heavy atom. The first-order valence-electron chi connectivity index (χ1n) is 7.03. The molecule has 7 heteroatoms. The fraction of sp³-hybridized carbons (Fsp3) is 0.188. The first-order valence-corrected chi connectivity index (χ1v) is 7.03. The maximum absolute atomic E-state index is 12.9. The van der Waals surface area contributed by atoms with Crippen LogP contribution in [0.25, 0.3) is 5.65 Å². The van der Waals surface area contributed by atoms with Gasteiger partial charge in [-0.05, 0) is 30.7 Å². The van der Waals surface area contributed by atoms with Crippen molar-refractivity contribution in [2.24, 2.45) is 0 Å². The molecule has 3 rings (SSSR count). The van der Waals surface area contributed by atoms with Gasteiger partial charge in [0, 0.05) is 6.07 Å². The van der Waals surface area contributed by atoms with E-state index in [1.807, 2.05) is 6.92 Å². The number of hydrogen-bond donors (Lipinski definition) is 1. The Bertz CT molecular complexity index is 845. The minimum Gasteiger partial charge on any atom is -0.480 e. The number of nitrogens with one attached hydrogen (secondary N) is 1. The lowest BCUT2D eigenvalue weighted by Crippen LogP contribution is -2.26. The number of fused-ring (bicyclic) bond motifs is 1. The maximum Gasteiger partial charge on any atom is 0.272 e. The Morgan fingerprint density at radius 2 is 2.00 bits per heavy atom. The third kappa shape index (κ3) is 3.13. The molecule has 1 aromatic carbocycles. The Morgan fingerprint density at radius 3 is 2.70 bits per heavy atom. The Hall–Kier alpha value is -2.96. The van der Waals surface area contributed by atoms with E-state index in [1.165, 1.54) is 30.0 Å². The lowest BCUT2D eigenvalue weighted by Gasteiger charge is -2.13. The first-order chi connectivity index (χ1) is 11.1. The van der Waals surface area contributed by atoms with Gasteiger partial charge in [0.05, 0.1) is 19.3 Å². The van der Waals surface area contributed by atoms with Crippen LogP contribution in [0, 0.1) is 5.82 Å². The molecule has 0 fully saturated rings. The second-order valence-electron chi connectivity index (χ2n) is 5.05. The Balaban J connectivity index is 1.78. The quantitative estimate of drug-likeness (QED) is 0.803. The topological polar surface area (TPSA) is 68.5 Å². The average molecular weight is 314 g/mol. The molecule has 1 N–H and O–H groups in total. The number of benzene rings is 1. The zero-order chi connectivity index (χ0) is 16.4. The maximum atomic E-state index is 12.9. The molecule has 0 aliphatic rings. The highest BCUT2D eigenvalue weighted by Crippen LogP contribution is 2.14. The molecule has 23 heavy (non-hydrogen) atoms. The summed E-state index contributed by atoms with van der Waals surface area (Å²) in [5.41, 5.74) is 1.61. The number of hydrogen-bond acceptors (Lipinski definition) is 4. The van der Waals surface area contributed by atoms with Crippen LogP contribution in [0.2, 0.25) is 0 Å². The van der Waals surface area contributed by atoms with Gasteiger partial charge < -0.3 is 10.1 Å². The van der Waals surface area contributed by atoms with Crippen LogP contribution in [0.1, 0.15) is 29.0 Å². The fourth-order valence-electron chi connectivity index (χ4n) is 2.19. The van der Waals surface area contributed by atoms with Crippen molar-refractivity contribution in [2.75, 3.05) is 7.11 Å². The van der Waals surface area contributed by atoms with Crippen LogP contribution < -0.4 is 10.1 Å². The van der Waals surface area contributed by atoms with Gasteiger partial charge in [-0.25, -0.2) is 13.9 Å². The Labute approximate surface area is 131 Å². The molecular formula is C16H15FN4O2. The predicted octanol–water partition coefficient (Wildman–Crippen LogP) is 2.37. The van der Waals surface area contributed by atoms with Crippen LogP contribution in [0.5, 0.6) is 5.88 Å². The van der Waals surface area contributed by atoms with E-state index in [2.05, 4.69) is 15.4 Å². The third-order valence-electron chi connectivity index (χ3n) is 3.45. The number of imidazole rings is 1. The van der Waals surface area contributed by atoms with Crippen LogP contribution >= 0.6 is 0 Å². The van der Waals surface area contributed by atoms with Gasteiger partial charge in [-0.15, -0.1) is 5.10 Å². The standard InChI is InChI=1S/C16H15FN4O2/c1-10(11-3-5-12(17)6-4-11)18-16(22)13-9-21-14(19-13)7-8-15(20-21)23-2/h3-10H,1-2H3,(H,18,22)/t10-/m1/s1. The molecule has 0 aliphatic heterocycles. The summed E-state index contributed by atoms with van der Waals surface area (Å²) in [6.07, 6.45) is 1.53. The largest absolute Gasteiger partial charge is 0.480 e. The summed E-state index contributed by atoms with van der Waals surface area (Å²) in [7, 11) is 1.52. The molecule has 0 bridgehead atoms. The number of rotatable bonds is 4.